The first kappa shape index (κ1) is 34.3. The SMILES string of the molecule is c1ccc(-c2nc(-c3ccc(-c4ccc5cc(-c6ccc(-c7cccc8c7oc7ccccc78)cc6)ccc5c4)cc3)nc(-c3ccccc3-c3ccccc3)n2)cc1. The molecule has 276 valence electrons. The number of rotatable bonds is 7. The molecule has 59 heavy (non-hydrogen) atoms. The molecule has 0 fully saturated rings. The van der Waals surface area contributed by atoms with Gasteiger partial charge in [-0.25, -0.2) is 15.0 Å². The van der Waals surface area contributed by atoms with Crippen molar-refractivity contribution in [2.75, 3.05) is 0 Å². The highest BCUT2D eigenvalue weighted by Crippen LogP contribution is 2.38. The van der Waals surface area contributed by atoms with Crippen LogP contribution < -0.4 is 0 Å². The van der Waals surface area contributed by atoms with Gasteiger partial charge in [-0.1, -0.05) is 194 Å². The van der Waals surface area contributed by atoms with E-state index in [4.69, 9.17) is 19.4 Å². The van der Waals surface area contributed by atoms with Crippen LogP contribution in [0.15, 0.2) is 217 Å². The van der Waals surface area contributed by atoms with Crippen molar-refractivity contribution in [2.45, 2.75) is 0 Å². The average Bonchev–Trinajstić information content (AvgIpc) is 3.71. The summed E-state index contributed by atoms with van der Waals surface area (Å²) in [6.45, 7) is 0. The normalized spacial score (nSPS) is 11.4. The molecule has 0 saturated carbocycles. The van der Waals surface area contributed by atoms with Gasteiger partial charge >= 0.3 is 0 Å². The molecule has 4 heteroatoms. The summed E-state index contributed by atoms with van der Waals surface area (Å²) in [5.41, 5.74) is 13.7. The predicted molar refractivity (Wildman–Crippen MR) is 243 cm³/mol. The van der Waals surface area contributed by atoms with Crippen molar-refractivity contribution in [2.24, 2.45) is 0 Å². The van der Waals surface area contributed by atoms with E-state index in [1.807, 2.05) is 54.6 Å². The van der Waals surface area contributed by atoms with Crippen LogP contribution in [0.3, 0.4) is 0 Å². The number of fused-ring (bicyclic) bond motifs is 4. The van der Waals surface area contributed by atoms with Gasteiger partial charge in [-0.3, -0.25) is 0 Å². The molecule has 0 spiro atoms. The number of hydrogen-bond acceptors (Lipinski definition) is 4. The molecular weight excluding hydrogens is 719 g/mol. The molecule has 0 saturated heterocycles. The molecule has 2 aromatic heterocycles. The van der Waals surface area contributed by atoms with Gasteiger partial charge in [-0.2, -0.15) is 0 Å². The average molecular weight is 754 g/mol. The molecule has 0 radical (unpaired) electrons. The van der Waals surface area contributed by atoms with Gasteiger partial charge in [0.25, 0.3) is 0 Å². The maximum absolute atomic E-state index is 6.32. The first-order valence-electron chi connectivity index (χ1n) is 19.8. The summed E-state index contributed by atoms with van der Waals surface area (Å²) >= 11 is 0. The molecule has 0 N–H and O–H groups in total. The summed E-state index contributed by atoms with van der Waals surface area (Å²) in [6.07, 6.45) is 0. The van der Waals surface area contributed by atoms with E-state index in [0.717, 1.165) is 72.0 Å². The van der Waals surface area contributed by atoms with Gasteiger partial charge < -0.3 is 4.42 Å². The van der Waals surface area contributed by atoms with Crippen molar-refractivity contribution < 1.29 is 4.42 Å². The number of furan rings is 1. The molecular formula is C55H35N3O. The van der Waals surface area contributed by atoms with Crippen molar-refractivity contribution in [3.63, 3.8) is 0 Å². The molecule has 0 amide bonds. The number of aromatic nitrogens is 3. The maximum atomic E-state index is 6.32. The van der Waals surface area contributed by atoms with Crippen molar-refractivity contribution in [1.82, 2.24) is 15.0 Å². The Labute approximate surface area is 341 Å². The molecule has 0 bridgehead atoms. The highest BCUT2D eigenvalue weighted by molar-refractivity contribution is 6.09. The standard InChI is InChI=1S/C55H35N3O/c1-3-12-38(13-4-1)46-16-7-8-18-50(46)55-57-53(40-14-5-2-6-15-40)56-54(58-55)41-28-24-37(25-29-41)43-31-33-44-34-42(30-32-45(44)35-43)36-22-26-39(27-23-36)47-19-11-20-49-48-17-9-10-21-51(48)59-52(47)49/h1-35H. The second kappa shape index (κ2) is 14.5. The fourth-order valence-corrected chi connectivity index (χ4v) is 8.12. The van der Waals surface area contributed by atoms with Crippen LogP contribution in [-0.2, 0) is 0 Å². The summed E-state index contributed by atoms with van der Waals surface area (Å²) < 4.78 is 6.32. The smallest absolute Gasteiger partial charge is 0.164 e. The number of hydrogen-bond donors (Lipinski definition) is 0. The van der Waals surface area contributed by atoms with E-state index < -0.39 is 0 Å². The lowest BCUT2D eigenvalue weighted by Gasteiger charge is -2.12. The molecule has 11 aromatic rings. The Kier molecular flexibility index (Phi) is 8.45. The molecule has 0 unspecified atom stereocenters. The molecule has 0 aliphatic rings. The van der Waals surface area contributed by atoms with Crippen molar-refractivity contribution in [3.8, 4) is 78.7 Å². The minimum atomic E-state index is 0.633. The summed E-state index contributed by atoms with van der Waals surface area (Å²) in [5, 5.41) is 4.67. The zero-order valence-corrected chi connectivity index (χ0v) is 32.0. The van der Waals surface area contributed by atoms with Crippen molar-refractivity contribution >= 4 is 32.7 Å². The minimum absolute atomic E-state index is 0.633. The number of nitrogens with zero attached hydrogens (tertiary/aromatic N) is 3. The predicted octanol–water partition coefficient (Wildman–Crippen LogP) is 14.6. The Bertz CT molecular complexity index is 3300. The number of para-hydroxylation sites is 2. The monoisotopic (exact) mass is 753 g/mol. The van der Waals surface area contributed by atoms with Gasteiger partial charge in [-0.05, 0) is 67.9 Å². The van der Waals surface area contributed by atoms with Gasteiger partial charge in [0.05, 0.1) is 0 Å². The first-order valence-corrected chi connectivity index (χ1v) is 19.8. The van der Waals surface area contributed by atoms with E-state index in [1.54, 1.807) is 0 Å². The summed E-state index contributed by atoms with van der Waals surface area (Å²) in [4.78, 5) is 15.1. The quantitative estimate of drug-likeness (QED) is 0.163. The van der Waals surface area contributed by atoms with Crippen LogP contribution in [0.1, 0.15) is 0 Å². The topological polar surface area (TPSA) is 51.8 Å². The molecule has 4 nitrogen and oxygen atoms in total. The van der Waals surface area contributed by atoms with Crippen LogP contribution in [0.5, 0.6) is 0 Å². The highest BCUT2D eigenvalue weighted by Gasteiger charge is 2.16. The Morgan fingerprint density at radius 3 is 1.37 bits per heavy atom. The Hall–Kier alpha value is -7.95. The second-order valence-corrected chi connectivity index (χ2v) is 14.8. The van der Waals surface area contributed by atoms with Crippen LogP contribution in [-0.4, -0.2) is 15.0 Å². The first-order chi connectivity index (χ1) is 29.2. The molecule has 11 rings (SSSR count). The second-order valence-electron chi connectivity index (χ2n) is 14.8. The zero-order valence-electron chi connectivity index (χ0n) is 32.0. The fourth-order valence-electron chi connectivity index (χ4n) is 8.12. The van der Waals surface area contributed by atoms with Crippen LogP contribution in [0.2, 0.25) is 0 Å². The molecule has 9 aromatic carbocycles. The minimum Gasteiger partial charge on any atom is -0.455 e. The Morgan fingerprint density at radius 1 is 0.271 bits per heavy atom. The highest BCUT2D eigenvalue weighted by atomic mass is 16.3. The third-order valence-electron chi connectivity index (χ3n) is 11.2. The Morgan fingerprint density at radius 2 is 0.712 bits per heavy atom. The summed E-state index contributed by atoms with van der Waals surface area (Å²) in [7, 11) is 0. The lowest BCUT2D eigenvalue weighted by Crippen LogP contribution is -2.01. The van der Waals surface area contributed by atoms with Gasteiger partial charge in [0.2, 0.25) is 0 Å². The lowest BCUT2D eigenvalue weighted by molar-refractivity contribution is 0.670. The van der Waals surface area contributed by atoms with Crippen LogP contribution in [0.25, 0.3) is 111 Å². The number of benzene rings is 9. The van der Waals surface area contributed by atoms with Crippen LogP contribution in [0.4, 0.5) is 0 Å². The lowest BCUT2D eigenvalue weighted by atomic mass is 9.96. The van der Waals surface area contributed by atoms with Crippen LogP contribution >= 0.6 is 0 Å². The maximum Gasteiger partial charge on any atom is 0.164 e. The third-order valence-corrected chi connectivity index (χ3v) is 11.2. The van der Waals surface area contributed by atoms with E-state index in [2.05, 4.69) is 158 Å². The zero-order chi connectivity index (χ0) is 39.1. The van der Waals surface area contributed by atoms with E-state index in [9.17, 15) is 0 Å². The van der Waals surface area contributed by atoms with Crippen molar-refractivity contribution in [3.05, 3.63) is 212 Å². The van der Waals surface area contributed by atoms with E-state index >= 15 is 0 Å². The largest absolute Gasteiger partial charge is 0.455 e. The van der Waals surface area contributed by atoms with Gasteiger partial charge in [0.1, 0.15) is 11.2 Å². The molecule has 2 heterocycles. The summed E-state index contributed by atoms with van der Waals surface area (Å²) in [6, 6.07) is 74.1. The third kappa shape index (κ3) is 6.43. The van der Waals surface area contributed by atoms with Gasteiger partial charge in [-0.15, -0.1) is 0 Å². The van der Waals surface area contributed by atoms with E-state index in [0.29, 0.717) is 17.5 Å². The summed E-state index contributed by atoms with van der Waals surface area (Å²) in [5.74, 6) is 1.92. The molecule has 0 aliphatic carbocycles. The van der Waals surface area contributed by atoms with Gasteiger partial charge in [0, 0.05) is 33.0 Å². The van der Waals surface area contributed by atoms with Crippen molar-refractivity contribution in [1.29, 1.82) is 0 Å². The van der Waals surface area contributed by atoms with E-state index in [-0.39, 0.29) is 0 Å². The van der Waals surface area contributed by atoms with Gasteiger partial charge in [0.15, 0.2) is 17.5 Å². The Balaban J connectivity index is 0.884. The molecule has 0 aliphatic heterocycles. The fraction of sp³-hybridized carbons (Fsp3) is 0. The van der Waals surface area contributed by atoms with E-state index in [1.165, 1.54) is 21.9 Å². The van der Waals surface area contributed by atoms with Crippen LogP contribution in [0, 0.1) is 0 Å². The molecule has 0 atom stereocenters.